The van der Waals surface area contributed by atoms with Crippen molar-refractivity contribution >= 4 is 0 Å². The van der Waals surface area contributed by atoms with Crippen LogP contribution >= 0.6 is 0 Å². The number of rotatable bonds is 11. The van der Waals surface area contributed by atoms with Crippen LogP contribution in [0.15, 0.2) is 0 Å². The Morgan fingerprint density at radius 3 is 2.44 bits per heavy atom. The molecule has 0 aliphatic heterocycles. The molecule has 1 N–H and O–H groups in total. The first-order valence-corrected chi connectivity index (χ1v) is 7.76. The molecule has 0 aromatic rings. The monoisotopic (exact) mass is 256 g/mol. The Morgan fingerprint density at radius 1 is 1.28 bits per heavy atom. The van der Waals surface area contributed by atoms with E-state index in [0.717, 1.165) is 25.7 Å². The first kappa shape index (κ1) is 15.9. The summed E-state index contributed by atoms with van der Waals surface area (Å²) in [5, 5.41) is 3.69. The molecule has 0 heterocycles. The van der Waals surface area contributed by atoms with Gasteiger partial charge in [-0.3, -0.25) is 4.90 Å². The summed E-state index contributed by atoms with van der Waals surface area (Å²) in [6.07, 6.45) is 6.54. The number of ether oxygens (including phenoxy) is 1. The average Bonchev–Trinajstić information content (AvgIpc) is 3.18. The van der Waals surface area contributed by atoms with Crippen LogP contribution in [0.5, 0.6) is 0 Å². The average molecular weight is 256 g/mol. The lowest BCUT2D eigenvalue weighted by molar-refractivity contribution is 0.0912. The minimum absolute atomic E-state index is 0.641. The molecule has 2 atom stereocenters. The largest absolute Gasteiger partial charge is 0.383 e. The Hall–Kier alpha value is -0.120. The van der Waals surface area contributed by atoms with Crippen molar-refractivity contribution in [3.05, 3.63) is 0 Å². The quantitative estimate of drug-likeness (QED) is 0.615. The van der Waals surface area contributed by atoms with Crippen LogP contribution in [0, 0.1) is 0 Å². The van der Waals surface area contributed by atoms with Crippen LogP contribution in [0.3, 0.4) is 0 Å². The van der Waals surface area contributed by atoms with Crippen molar-refractivity contribution in [3.63, 3.8) is 0 Å². The van der Waals surface area contributed by atoms with Crippen LogP contribution in [0.2, 0.25) is 0 Å². The van der Waals surface area contributed by atoms with Crippen molar-refractivity contribution in [2.24, 2.45) is 0 Å². The van der Waals surface area contributed by atoms with Crippen LogP contribution < -0.4 is 5.32 Å². The van der Waals surface area contributed by atoms with Crippen molar-refractivity contribution in [2.45, 2.75) is 71.0 Å². The Morgan fingerprint density at radius 2 is 2.00 bits per heavy atom. The van der Waals surface area contributed by atoms with Crippen LogP contribution in [-0.2, 0) is 4.74 Å². The molecule has 0 amide bonds. The highest BCUT2D eigenvalue weighted by molar-refractivity contribution is 4.93. The lowest BCUT2D eigenvalue weighted by Gasteiger charge is -2.37. The summed E-state index contributed by atoms with van der Waals surface area (Å²) in [5.41, 5.74) is 0. The molecule has 3 heteroatoms. The van der Waals surface area contributed by atoms with Crippen LogP contribution in [0.25, 0.3) is 0 Å². The first-order valence-electron chi connectivity index (χ1n) is 7.76. The van der Waals surface area contributed by atoms with E-state index in [4.69, 9.17) is 4.74 Å². The Kier molecular flexibility index (Phi) is 7.87. The Bertz CT molecular complexity index is 201. The molecular weight excluding hydrogens is 224 g/mol. The van der Waals surface area contributed by atoms with E-state index in [2.05, 4.69) is 31.0 Å². The fourth-order valence-electron chi connectivity index (χ4n) is 2.98. The van der Waals surface area contributed by atoms with Gasteiger partial charge >= 0.3 is 0 Å². The topological polar surface area (TPSA) is 24.5 Å². The molecule has 0 aromatic carbocycles. The van der Waals surface area contributed by atoms with E-state index in [0.29, 0.717) is 12.1 Å². The fourth-order valence-corrected chi connectivity index (χ4v) is 2.98. The van der Waals surface area contributed by atoms with Gasteiger partial charge in [-0.25, -0.2) is 0 Å². The van der Waals surface area contributed by atoms with Gasteiger partial charge in [0.05, 0.1) is 6.61 Å². The van der Waals surface area contributed by atoms with E-state index < -0.39 is 0 Å². The zero-order valence-corrected chi connectivity index (χ0v) is 12.7. The van der Waals surface area contributed by atoms with Gasteiger partial charge in [0.1, 0.15) is 0 Å². The molecule has 0 bridgehead atoms. The van der Waals surface area contributed by atoms with Crippen molar-refractivity contribution < 1.29 is 4.74 Å². The SMILES string of the molecule is CCCC(NCC)C(CC)N(CCOC)C1CC1. The maximum Gasteiger partial charge on any atom is 0.0589 e. The summed E-state index contributed by atoms with van der Waals surface area (Å²) >= 11 is 0. The van der Waals surface area contributed by atoms with E-state index in [9.17, 15) is 0 Å². The van der Waals surface area contributed by atoms with Crippen LogP contribution in [-0.4, -0.2) is 49.8 Å². The van der Waals surface area contributed by atoms with Crippen LogP contribution in [0.4, 0.5) is 0 Å². The molecule has 1 aliphatic rings. The smallest absolute Gasteiger partial charge is 0.0589 e. The summed E-state index contributed by atoms with van der Waals surface area (Å²) in [5.74, 6) is 0. The zero-order valence-electron chi connectivity index (χ0n) is 12.7. The minimum Gasteiger partial charge on any atom is -0.383 e. The first-order chi connectivity index (χ1) is 8.78. The van der Waals surface area contributed by atoms with Crippen molar-refractivity contribution in [1.82, 2.24) is 10.2 Å². The summed E-state index contributed by atoms with van der Waals surface area (Å²) in [6.45, 7) is 9.85. The van der Waals surface area contributed by atoms with Crippen molar-refractivity contribution in [3.8, 4) is 0 Å². The molecule has 1 rings (SSSR count). The second kappa shape index (κ2) is 8.89. The maximum absolute atomic E-state index is 5.28. The number of hydrogen-bond donors (Lipinski definition) is 1. The fraction of sp³-hybridized carbons (Fsp3) is 1.00. The molecule has 0 saturated heterocycles. The zero-order chi connectivity index (χ0) is 13.4. The molecule has 2 unspecified atom stereocenters. The highest BCUT2D eigenvalue weighted by atomic mass is 16.5. The Labute approximate surface area is 113 Å². The summed E-state index contributed by atoms with van der Waals surface area (Å²) < 4.78 is 5.28. The minimum atomic E-state index is 0.641. The van der Waals surface area contributed by atoms with Gasteiger partial charge in [-0.05, 0) is 32.2 Å². The summed E-state index contributed by atoms with van der Waals surface area (Å²) in [7, 11) is 1.81. The van der Waals surface area contributed by atoms with Gasteiger partial charge in [-0.15, -0.1) is 0 Å². The summed E-state index contributed by atoms with van der Waals surface area (Å²) in [6, 6.07) is 2.14. The van der Waals surface area contributed by atoms with Gasteiger partial charge in [0.15, 0.2) is 0 Å². The van der Waals surface area contributed by atoms with Gasteiger partial charge in [-0.1, -0.05) is 27.2 Å². The number of hydrogen-bond acceptors (Lipinski definition) is 3. The lowest BCUT2D eigenvalue weighted by atomic mass is 9.98. The highest BCUT2D eigenvalue weighted by Crippen LogP contribution is 2.30. The highest BCUT2D eigenvalue weighted by Gasteiger charge is 2.35. The van der Waals surface area contributed by atoms with E-state index >= 15 is 0 Å². The van der Waals surface area contributed by atoms with E-state index in [1.54, 1.807) is 7.11 Å². The van der Waals surface area contributed by atoms with E-state index in [1.165, 1.54) is 32.1 Å². The third-order valence-corrected chi connectivity index (χ3v) is 3.94. The van der Waals surface area contributed by atoms with Crippen molar-refractivity contribution in [2.75, 3.05) is 26.8 Å². The maximum atomic E-state index is 5.28. The molecule has 0 aromatic heterocycles. The third kappa shape index (κ3) is 4.87. The van der Waals surface area contributed by atoms with Gasteiger partial charge in [-0.2, -0.15) is 0 Å². The molecular formula is C15H32N2O. The van der Waals surface area contributed by atoms with Gasteiger partial charge in [0.25, 0.3) is 0 Å². The normalized spacial score (nSPS) is 19.2. The van der Waals surface area contributed by atoms with Gasteiger partial charge < -0.3 is 10.1 Å². The van der Waals surface area contributed by atoms with Gasteiger partial charge in [0, 0.05) is 31.8 Å². The van der Waals surface area contributed by atoms with Crippen molar-refractivity contribution in [1.29, 1.82) is 0 Å². The number of nitrogens with one attached hydrogen (secondary N) is 1. The van der Waals surface area contributed by atoms with E-state index in [-0.39, 0.29) is 0 Å². The molecule has 0 radical (unpaired) electrons. The standard InChI is InChI=1S/C15H32N2O/c1-5-8-14(16-7-3)15(6-2)17(11-12-18-4)13-9-10-13/h13-16H,5-12H2,1-4H3. The number of likely N-dealkylation sites (N-methyl/N-ethyl adjacent to an activating group) is 1. The molecule has 1 fully saturated rings. The predicted molar refractivity (Wildman–Crippen MR) is 78.1 cm³/mol. The third-order valence-electron chi connectivity index (χ3n) is 3.94. The Balaban J connectivity index is 2.61. The number of methoxy groups -OCH3 is 1. The van der Waals surface area contributed by atoms with Gasteiger partial charge in [0.2, 0.25) is 0 Å². The number of nitrogens with zero attached hydrogens (tertiary/aromatic N) is 1. The molecule has 1 saturated carbocycles. The molecule has 1 aliphatic carbocycles. The van der Waals surface area contributed by atoms with E-state index in [1.807, 2.05) is 0 Å². The molecule has 108 valence electrons. The molecule has 18 heavy (non-hydrogen) atoms. The van der Waals surface area contributed by atoms with Crippen LogP contribution in [0.1, 0.15) is 52.9 Å². The second-order valence-corrected chi connectivity index (χ2v) is 5.39. The molecule has 0 spiro atoms. The lowest BCUT2D eigenvalue weighted by Crippen LogP contribution is -2.51. The predicted octanol–water partition coefficient (Wildman–Crippen LogP) is 2.65. The second-order valence-electron chi connectivity index (χ2n) is 5.39. The molecule has 3 nitrogen and oxygen atoms in total. The summed E-state index contributed by atoms with van der Waals surface area (Å²) in [4.78, 5) is 2.70.